The van der Waals surface area contributed by atoms with Gasteiger partial charge in [0.15, 0.2) is 0 Å². The van der Waals surface area contributed by atoms with Crippen molar-refractivity contribution in [2.75, 3.05) is 7.11 Å². The number of methoxy groups -OCH3 is 1. The van der Waals surface area contributed by atoms with Gasteiger partial charge < -0.3 is 10.1 Å². The Hall–Kier alpha value is -1.58. The lowest BCUT2D eigenvalue weighted by Crippen LogP contribution is -2.01. The first-order valence-electron chi connectivity index (χ1n) is 6.33. The Labute approximate surface area is 109 Å². The fourth-order valence-electron chi connectivity index (χ4n) is 1.58. The molecule has 0 unspecified atom stereocenters. The Morgan fingerprint density at radius 1 is 1.11 bits per heavy atom. The van der Waals surface area contributed by atoms with Gasteiger partial charge in [0, 0.05) is 11.8 Å². The van der Waals surface area contributed by atoms with E-state index < -0.39 is 0 Å². The van der Waals surface area contributed by atoms with Gasteiger partial charge in [-0.1, -0.05) is 44.6 Å². The zero-order chi connectivity index (χ0) is 13.6. The summed E-state index contributed by atoms with van der Waals surface area (Å²) in [7, 11) is 1.31. The van der Waals surface area contributed by atoms with Crippen LogP contribution in [0.4, 0.5) is 0 Å². The van der Waals surface area contributed by atoms with Crippen LogP contribution in [0.3, 0.4) is 0 Å². The highest BCUT2D eigenvalue weighted by Gasteiger charge is 1.99. The highest BCUT2D eigenvalue weighted by Crippen LogP contribution is 2.15. The maximum Gasteiger partial charge on any atom is 0.333 e. The van der Waals surface area contributed by atoms with Gasteiger partial charge >= 0.3 is 5.97 Å². The predicted molar refractivity (Wildman–Crippen MR) is 71.8 cm³/mol. The quantitative estimate of drug-likeness (QED) is 0.363. The number of carbonyl (C=O) groups is 2. The van der Waals surface area contributed by atoms with Crippen molar-refractivity contribution >= 4 is 12.4 Å². The van der Waals surface area contributed by atoms with E-state index in [0.717, 1.165) is 0 Å². The first-order chi connectivity index (χ1) is 8.72. The van der Waals surface area contributed by atoms with Crippen LogP contribution in [0.2, 0.25) is 0 Å². The van der Waals surface area contributed by atoms with Crippen LogP contribution in [-0.2, 0) is 14.3 Å². The molecule has 0 aromatic heterocycles. The van der Waals surface area contributed by atoms with Crippen molar-refractivity contribution < 1.29 is 14.3 Å². The van der Waals surface area contributed by atoms with E-state index in [1.54, 1.807) is 19.1 Å². The van der Waals surface area contributed by atoms with E-state index in [1.165, 1.54) is 51.8 Å². The second-order valence-electron chi connectivity index (χ2n) is 4.11. The van der Waals surface area contributed by atoms with Crippen molar-refractivity contribution in [3.8, 4) is 0 Å². The molecule has 0 aromatic carbocycles. The molecule has 18 heavy (non-hydrogen) atoms. The molecule has 0 aromatic rings. The molecule has 0 spiro atoms. The van der Waals surface area contributed by atoms with Crippen molar-refractivity contribution in [2.24, 2.45) is 0 Å². The molecular weight excluding hydrogens is 230 g/mol. The normalized spacial score (nSPS) is 15.6. The van der Waals surface area contributed by atoms with Gasteiger partial charge in [-0.05, 0) is 13.0 Å². The van der Waals surface area contributed by atoms with Gasteiger partial charge in [-0.3, -0.25) is 4.79 Å². The zero-order valence-corrected chi connectivity index (χ0v) is 11.3. The number of hydrogen-bond acceptors (Lipinski definition) is 3. The SMILES string of the molecule is C1CCCCC1.COC(=O)/C(C)=C/C=C\NC=O. The number of rotatable bonds is 4. The minimum absolute atomic E-state index is 0.384. The summed E-state index contributed by atoms with van der Waals surface area (Å²) in [6, 6.07) is 0. The molecule has 0 bridgehead atoms. The average molecular weight is 253 g/mol. The Bertz CT molecular complexity index is 280. The van der Waals surface area contributed by atoms with Gasteiger partial charge in [-0.15, -0.1) is 0 Å². The number of carbonyl (C=O) groups excluding carboxylic acids is 2. The third kappa shape index (κ3) is 9.63. The minimum Gasteiger partial charge on any atom is -0.466 e. The summed E-state index contributed by atoms with van der Waals surface area (Å²) >= 11 is 0. The second kappa shape index (κ2) is 11.9. The Balaban J connectivity index is 0.000000397. The monoisotopic (exact) mass is 253 g/mol. The van der Waals surface area contributed by atoms with E-state index in [9.17, 15) is 9.59 Å². The molecule has 0 atom stereocenters. The molecule has 1 rings (SSSR count). The predicted octanol–water partition coefficient (Wildman–Crippen LogP) is 2.71. The molecule has 1 fully saturated rings. The minimum atomic E-state index is -0.384. The molecule has 4 heteroatoms. The second-order valence-corrected chi connectivity index (χ2v) is 4.11. The largest absolute Gasteiger partial charge is 0.466 e. The molecule has 1 amide bonds. The highest BCUT2D eigenvalue weighted by molar-refractivity contribution is 5.87. The summed E-state index contributed by atoms with van der Waals surface area (Å²) < 4.78 is 4.44. The first kappa shape index (κ1) is 16.4. The zero-order valence-electron chi connectivity index (χ0n) is 11.3. The standard InChI is InChI=1S/C8H11NO3.C6H12/c1-7(8(11)12-2)4-3-5-9-6-10;1-2-4-6-5-3-1/h3-6H,1-2H3,(H,9,10);1-6H2/b5-3-,7-4+;. The first-order valence-corrected chi connectivity index (χ1v) is 6.33. The Morgan fingerprint density at radius 2 is 1.61 bits per heavy atom. The molecule has 0 saturated heterocycles. The summed E-state index contributed by atoms with van der Waals surface area (Å²) in [5, 5.41) is 2.30. The van der Waals surface area contributed by atoms with Crippen LogP contribution in [0.1, 0.15) is 45.4 Å². The van der Waals surface area contributed by atoms with Gasteiger partial charge in [0.1, 0.15) is 0 Å². The summed E-state index contributed by atoms with van der Waals surface area (Å²) in [6.45, 7) is 1.62. The average Bonchev–Trinajstić information content (AvgIpc) is 2.45. The lowest BCUT2D eigenvalue weighted by Gasteiger charge is -2.05. The van der Waals surface area contributed by atoms with Crippen LogP contribution in [0.15, 0.2) is 23.9 Å². The molecule has 0 radical (unpaired) electrons. The van der Waals surface area contributed by atoms with Gasteiger partial charge in [0.2, 0.25) is 6.41 Å². The molecule has 1 saturated carbocycles. The van der Waals surface area contributed by atoms with Crippen LogP contribution in [0, 0.1) is 0 Å². The van der Waals surface area contributed by atoms with Crippen molar-refractivity contribution in [3.63, 3.8) is 0 Å². The number of esters is 1. The molecule has 4 nitrogen and oxygen atoms in total. The number of hydrogen-bond donors (Lipinski definition) is 1. The number of allylic oxidation sites excluding steroid dienone is 2. The smallest absolute Gasteiger partial charge is 0.333 e. The lowest BCUT2D eigenvalue weighted by atomic mass is 10.0. The Kier molecular flexibility index (Phi) is 10.8. The van der Waals surface area contributed by atoms with Crippen molar-refractivity contribution in [1.29, 1.82) is 0 Å². The van der Waals surface area contributed by atoms with Crippen LogP contribution >= 0.6 is 0 Å². The highest BCUT2D eigenvalue weighted by atomic mass is 16.5. The number of amides is 1. The molecule has 102 valence electrons. The van der Waals surface area contributed by atoms with E-state index in [1.807, 2.05) is 0 Å². The maximum atomic E-state index is 10.8. The number of ether oxygens (including phenoxy) is 1. The third-order valence-corrected chi connectivity index (χ3v) is 2.61. The van der Waals surface area contributed by atoms with Gasteiger partial charge in [-0.2, -0.15) is 0 Å². The molecule has 0 heterocycles. The van der Waals surface area contributed by atoms with Crippen molar-refractivity contribution in [3.05, 3.63) is 23.9 Å². The fourth-order valence-corrected chi connectivity index (χ4v) is 1.58. The van der Waals surface area contributed by atoms with E-state index in [-0.39, 0.29) is 5.97 Å². The van der Waals surface area contributed by atoms with Gasteiger partial charge in [0.25, 0.3) is 0 Å². The van der Waals surface area contributed by atoms with Crippen LogP contribution in [0.25, 0.3) is 0 Å². The van der Waals surface area contributed by atoms with Gasteiger partial charge in [0.05, 0.1) is 7.11 Å². The van der Waals surface area contributed by atoms with E-state index in [4.69, 9.17) is 0 Å². The molecule has 1 N–H and O–H groups in total. The van der Waals surface area contributed by atoms with Crippen LogP contribution in [-0.4, -0.2) is 19.5 Å². The number of nitrogens with one attached hydrogen (secondary N) is 1. The van der Waals surface area contributed by atoms with E-state index in [2.05, 4.69) is 10.1 Å². The molecule has 0 aliphatic heterocycles. The Morgan fingerprint density at radius 3 is 2.00 bits per heavy atom. The fraction of sp³-hybridized carbons (Fsp3) is 0.571. The summed E-state index contributed by atoms with van der Waals surface area (Å²) in [5.74, 6) is -0.384. The molecule has 1 aliphatic rings. The summed E-state index contributed by atoms with van der Waals surface area (Å²) in [4.78, 5) is 20.5. The van der Waals surface area contributed by atoms with Gasteiger partial charge in [-0.25, -0.2) is 4.79 Å². The van der Waals surface area contributed by atoms with Crippen molar-refractivity contribution in [1.82, 2.24) is 5.32 Å². The molecule has 1 aliphatic carbocycles. The van der Waals surface area contributed by atoms with Crippen LogP contribution < -0.4 is 5.32 Å². The summed E-state index contributed by atoms with van der Waals surface area (Å²) in [6.07, 6.45) is 14.0. The topological polar surface area (TPSA) is 55.4 Å². The maximum absolute atomic E-state index is 10.8. The van der Waals surface area contributed by atoms with E-state index in [0.29, 0.717) is 12.0 Å². The van der Waals surface area contributed by atoms with E-state index >= 15 is 0 Å². The third-order valence-electron chi connectivity index (χ3n) is 2.61. The van der Waals surface area contributed by atoms with Crippen molar-refractivity contribution in [2.45, 2.75) is 45.4 Å². The van der Waals surface area contributed by atoms with Crippen LogP contribution in [0.5, 0.6) is 0 Å². The lowest BCUT2D eigenvalue weighted by molar-refractivity contribution is -0.136. The molecular formula is C14H23NO3. The summed E-state index contributed by atoms with van der Waals surface area (Å²) in [5.41, 5.74) is 0.474.